The fourth-order valence-electron chi connectivity index (χ4n) is 4.03. The summed E-state index contributed by atoms with van der Waals surface area (Å²) >= 11 is 0. The van der Waals surface area contributed by atoms with Crippen LogP contribution in [0.4, 0.5) is 5.69 Å². The number of hydrogen-bond acceptors (Lipinski definition) is 5. The molecule has 2 aliphatic rings. The monoisotopic (exact) mass is 408 g/mol. The molecule has 3 rings (SSSR count). The third-order valence-corrected chi connectivity index (χ3v) is 6.76. The molecular weight excluding hydrogens is 380 g/mol. The predicted octanol–water partition coefficient (Wildman–Crippen LogP) is 2.25. The van der Waals surface area contributed by atoms with Crippen molar-refractivity contribution < 1.29 is 22.7 Å². The van der Waals surface area contributed by atoms with Gasteiger partial charge in [-0.25, -0.2) is 13.2 Å². The number of nitrogens with zero attached hydrogens (tertiary/aromatic N) is 1. The molecule has 0 saturated heterocycles. The van der Waals surface area contributed by atoms with Gasteiger partial charge in [0.25, 0.3) is 5.91 Å². The topological polar surface area (TPSA) is 92.8 Å². The zero-order valence-electron chi connectivity index (χ0n) is 16.4. The second-order valence-corrected chi connectivity index (χ2v) is 9.70. The third-order valence-electron chi connectivity index (χ3n) is 5.58. The van der Waals surface area contributed by atoms with Crippen LogP contribution in [0.2, 0.25) is 0 Å². The average molecular weight is 409 g/mol. The van der Waals surface area contributed by atoms with E-state index in [0.717, 1.165) is 24.8 Å². The van der Waals surface area contributed by atoms with Gasteiger partial charge in [0.15, 0.2) is 6.61 Å². The van der Waals surface area contributed by atoms with Crippen LogP contribution in [-0.4, -0.2) is 45.7 Å². The van der Waals surface area contributed by atoms with Gasteiger partial charge in [0.05, 0.1) is 17.5 Å². The molecular formula is C20H28N2O5S. The fourth-order valence-corrected chi connectivity index (χ4v) is 5.02. The van der Waals surface area contributed by atoms with Gasteiger partial charge in [-0.15, -0.1) is 0 Å². The van der Waals surface area contributed by atoms with E-state index in [1.807, 2.05) is 0 Å². The SMILES string of the molecule is C[C@H]1CCCC[C@@H]1NC(=O)COC(=O)c1ccc2c(c1)CCCN2S(C)(=O)=O. The highest BCUT2D eigenvalue weighted by Gasteiger charge is 2.26. The Morgan fingerprint density at radius 2 is 1.96 bits per heavy atom. The summed E-state index contributed by atoms with van der Waals surface area (Å²) in [7, 11) is -3.35. The van der Waals surface area contributed by atoms with E-state index in [4.69, 9.17) is 4.74 Å². The number of carbonyl (C=O) groups is 2. The molecule has 1 fully saturated rings. The minimum absolute atomic E-state index is 0.144. The van der Waals surface area contributed by atoms with Crippen LogP contribution in [-0.2, 0) is 26.0 Å². The number of anilines is 1. The average Bonchev–Trinajstić information content (AvgIpc) is 2.66. The van der Waals surface area contributed by atoms with Crippen LogP contribution in [0.25, 0.3) is 0 Å². The van der Waals surface area contributed by atoms with Crippen LogP contribution < -0.4 is 9.62 Å². The van der Waals surface area contributed by atoms with E-state index >= 15 is 0 Å². The van der Waals surface area contributed by atoms with Gasteiger partial charge < -0.3 is 10.1 Å². The van der Waals surface area contributed by atoms with E-state index in [9.17, 15) is 18.0 Å². The standard InChI is InChI=1S/C20H28N2O5S/c1-14-6-3-4-8-17(14)21-19(23)13-27-20(24)16-9-10-18-15(12-16)7-5-11-22(18)28(2,25)26/h9-10,12,14,17H,3-8,11,13H2,1-2H3,(H,21,23)/t14-,17-/m0/s1. The number of hydrogen-bond donors (Lipinski definition) is 1. The molecule has 28 heavy (non-hydrogen) atoms. The zero-order chi connectivity index (χ0) is 20.3. The largest absolute Gasteiger partial charge is 0.452 e. The number of rotatable bonds is 5. The van der Waals surface area contributed by atoms with Crippen LogP contribution in [0.1, 0.15) is 54.9 Å². The molecule has 1 aliphatic carbocycles. The Labute approximate surface area is 166 Å². The van der Waals surface area contributed by atoms with Crippen LogP contribution in [0.5, 0.6) is 0 Å². The molecule has 0 spiro atoms. The molecule has 2 atom stereocenters. The summed E-state index contributed by atoms with van der Waals surface area (Å²) in [5.74, 6) is -0.425. The van der Waals surface area contributed by atoms with Gasteiger partial charge in [-0.1, -0.05) is 19.8 Å². The first-order valence-corrected chi connectivity index (χ1v) is 11.7. The summed E-state index contributed by atoms with van der Waals surface area (Å²) in [5, 5.41) is 2.96. The number of esters is 1. The van der Waals surface area contributed by atoms with Crippen molar-refractivity contribution in [3.05, 3.63) is 29.3 Å². The number of ether oxygens (including phenoxy) is 1. The van der Waals surface area contributed by atoms with Gasteiger partial charge in [0.1, 0.15) is 0 Å². The Morgan fingerprint density at radius 3 is 2.68 bits per heavy atom. The number of fused-ring (bicyclic) bond motifs is 1. The molecule has 0 radical (unpaired) electrons. The van der Waals surface area contributed by atoms with E-state index < -0.39 is 16.0 Å². The lowest BCUT2D eigenvalue weighted by molar-refractivity contribution is -0.125. The first kappa shape index (κ1) is 20.6. The highest BCUT2D eigenvalue weighted by atomic mass is 32.2. The van der Waals surface area contributed by atoms with Crippen molar-refractivity contribution in [2.45, 2.75) is 51.5 Å². The van der Waals surface area contributed by atoms with E-state index in [-0.39, 0.29) is 18.6 Å². The van der Waals surface area contributed by atoms with Crippen molar-refractivity contribution in [1.29, 1.82) is 0 Å². The summed E-state index contributed by atoms with van der Waals surface area (Å²) in [4.78, 5) is 24.5. The number of sulfonamides is 1. The van der Waals surface area contributed by atoms with Gasteiger partial charge in [0, 0.05) is 12.6 Å². The maximum atomic E-state index is 12.3. The van der Waals surface area contributed by atoms with Gasteiger partial charge >= 0.3 is 5.97 Å². The van der Waals surface area contributed by atoms with Crippen molar-refractivity contribution in [2.75, 3.05) is 23.7 Å². The maximum Gasteiger partial charge on any atom is 0.338 e. The summed E-state index contributed by atoms with van der Waals surface area (Å²) in [5.41, 5.74) is 1.73. The van der Waals surface area contributed by atoms with E-state index in [2.05, 4.69) is 12.2 Å². The highest BCUT2D eigenvalue weighted by molar-refractivity contribution is 7.92. The summed E-state index contributed by atoms with van der Waals surface area (Å²) < 4.78 is 30.4. The molecule has 154 valence electrons. The number of amides is 1. The van der Waals surface area contributed by atoms with Crippen molar-refractivity contribution >= 4 is 27.6 Å². The quantitative estimate of drug-likeness (QED) is 0.755. The molecule has 1 saturated carbocycles. The van der Waals surface area contributed by atoms with E-state index in [1.54, 1.807) is 18.2 Å². The molecule has 1 aromatic rings. The molecule has 1 heterocycles. The first-order chi connectivity index (χ1) is 13.3. The Hall–Kier alpha value is -2.09. The molecule has 8 heteroatoms. The lowest BCUT2D eigenvalue weighted by Gasteiger charge is -2.29. The van der Waals surface area contributed by atoms with Crippen LogP contribution in [0.3, 0.4) is 0 Å². The van der Waals surface area contributed by atoms with Gasteiger partial charge in [-0.3, -0.25) is 9.10 Å². The molecule has 1 aliphatic heterocycles. The highest BCUT2D eigenvalue weighted by Crippen LogP contribution is 2.30. The van der Waals surface area contributed by atoms with Gasteiger partial charge in [-0.2, -0.15) is 0 Å². The second-order valence-electron chi connectivity index (χ2n) is 7.79. The Balaban J connectivity index is 1.60. The Morgan fingerprint density at radius 1 is 1.21 bits per heavy atom. The van der Waals surface area contributed by atoms with Gasteiger partial charge in [-0.05, 0) is 55.4 Å². The predicted molar refractivity (Wildman–Crippen MR) is 107 cm³/mol. The molecule has 1 aromatic carbocycles. The van der Waals surface area contributed by atoms with Crippen LogP contribution in [0.15, 0.2) is 18.2 Å². The van der Waals surface area contributed by atoms with E-state index in [0.29, 0.717) is 36.6 Å². The van der Waals surface area contributed by atoms with E-state index in [1.165, 1.54) is 17.0 Å². The Bertz CT molecular complexity index is 852. The molecule has 0 aromatic heterocycles. The first-order valence-electron chi connectivity index (χ1n) is 9.83. The fraction of sp³-hybridized carbons (Fsp3) is 0.600. The zero-order valence-corrected chi connectivity index (χ0v) is 17.3. The summed E-state index contributed by atoms with van der Waals surface area (Å²) in [6, 6.07) is 4.99. The molecule has 1 amide bonds. The van der Waals surface area contributed by atoms with Crippen LogP contribution in [0, 0.1) is 5.92 Å². The lowest BCUT2D eigenvalue weighted by Crippen LogP contribution is -2.42. The number of benzene rings is 1. The molecule has 0 unspecified atom stereocenters. The van der Waals surface area contributed by atoms with Crippen molar-refractivity contribution in [1.82, 2.24) is 5.32 Å². The van der Waals surface area contributed by atoms with Crippen molar-refractivity contribution in [3.63, 3.8) is 0 Å². The minimum Gasteiger partial charge on any atom is -0.452 e. The summed E-state index contributed by atoms with van der Waals surface area (Å²) in [6.07, 6.45) is 6.93. The smallest absolute Gasteiger partial charge is 0.338 e. The maximum absolute atomic E-state index is 12.3. The second kappa shape index (κ2) is 8.51. The van der Waals surface area contributed by atoms with Crippen molar-refractivity contribution in [2.24, 2.45) is 5.92 Å². The summed E-state index contributed by atoms with van der Waals surface area (Å²) in [6.45, 7) is 2.26. The minimum atomic E-state index is -3.35. The number of nitrogens with one attached hydrogen (secondary N) is 1. The molecule has 7 nitrogen and oxygen atoms in total. The number of aryl methyl sites for hydroxylation is 1. The lowest BCUT2D eigenvalue weighted by atomic mass is 9.86. The van der Waals surface area contributed by atoms with Crippen LogP contribution >= 0.6 is 0 Å². The molecule has 0 bridgehead atoms. The molecule has 1 N–H and O–H groups in total. The normalized spacial score (nSPS) is 22.3. The number of carbonyl (C=O) groups excluding carboxylic acids is 2. The third kappa shape index (κ3) is 4.84. The Kier molecular flexibility index (Phi) is 6.27. The van der Waals surface area contributed by atoms with Crippen molar-refractivity contribution in [3.8, 4) is 0 Å². The van der Waals surface area contributed by atoms with Gasteiger partial charge in [0.2, 0.25) is 10.0 Å².